The lowest BCUT2D eigenvalue weighted by Crippen LogP contribution is -2.31. The fourth-order valence-electron chi connectivity index (χ4n) is 0.727. The van der Waals surface area contributed by atoms with Crippen LogP contribution in [0.25, 0.3) is 0 Å². The number of rotatable bonds is 8. The van der Waals surface area contributed by atoms with E-state index in [-0.39, 0.29) is 18.1 Å². The molecule has 0 aromatic rings. The minimum Gasteiger partial charge on any atom is -0.462 e. The molecule has 0 rings (SSSR count). The first-order valence-corrected chi connectivity index (χ1v) is 7.76. The average molecular weight is 252 g/mol. The van der Waals surface area contributed by atoms with Gasteiger partial charge in [-0.2, -0.15) is 0 Å². The molecule has 0 spiro atoms. The summed E-state index contributed by atoms with van der Waals surface area (Å²) in [4.78, 5) is 11.4. The maximum atomic E-state index is 11.4. The first kappa shape index (κ1) is 15.2. The highest BCUT2D eigenvalue weighted by molar-refractivity contribution is 8.49. The summed E-state index contributed by atoms with van der Waals surface area (Å²) in [5.41, 5.74) is 0. The Morgan fingerprint density at radius 2 is 2.13 bits per heavy atom. The number of carbonyl (C=O) groups is 1. The van der Waals surface area contributed by atoms with Gasteiger partial charge in [0.15, 0.2) is 0 Å². The Morgan fingerprint density at radius 1 is 1.47 bits per heavy atom. The number of nitrogens with one attached hydrogen (secondary N) is 2. The quantitative estimate of drug-likeness (QED) is 0.388. The van der Waals surface area contributed by atoms with Crippen LogP contribution >= 0.6 is 19.3 Å². The fraction of sp³-hybridized carbons (Fsp3) is 0.889. The predicted octanol–water partition coefficient (Wildman–Crippen LogP) is 1.38. The van der Waals surface area contributed by atoms with E-state index in [0.29, 0.717) is 7.93 Å². The lowest BCUT2D eigenvalue weighted by molar-refractivity contribution is -0.148. The smallest absolute Gasteiger partial charge is 0.323 e. The molecule has 0 radical (unpaired) electrons. The second kappa shape index (κ2) is 9.40. The summed E-state index contributed by atoms with van der Waals surface area (Å²) in [5.74, 6) is 0.875. The summed E-state index contributed by atoms with van der Waals surface area (Å²) < 4.78 is 5.07. The average Bonchev–Trinajstić information content (AvgIpc) is 2.16. The minimum atomic E-state index is -0.215. The van der Waals surface area contributed by atoms with Crippen LogP contribution < -0.4 is 10.4 Å². The van der Waals surface area contributed by atoms with Gasteiger partial charge in [0.1, 0.15) is 6.04 Å². The van der Waals surface area contributed by atoms with Gasteiger partial charge in [-0.05, 0) is 27.8 Å². The zero-order valence-electron chi connectivity index (χ0n) is 9.79. The van der Waals surface area contributed by atoms with E-state index in [2.05, 4.69) is 10.4 Å². The first-order valence-electron chi connectivity index (χ1n) is 5.05. The largest absolute Gasteiger partial charge is 0.462 e. The molecule has 0 aliphatic carbocycles. The summed E-state index contributed by atoms with van der Waals surface area (Å²) in [6.07, 6.45) is -0.0398. The molecule has 0 bridgehead atoms. The van der Waals surface area contributed by atoms with Crippen LogP contribution in [0.2, 0.25) is 0 Å². The lowest BCUT2D eigenvalue weighted by Gasteiger charge is -2.14. The zero-order chi connectivity index (χ0) is 11.7. The van der Waals surface area contributed by atoms with Crippen LogP contribution in [0.5, 0.6) is 0 Å². The first-order chi connectivity index (χ1) is 7.07. The van der Waals surface area contributed by atoms with Crippen LogP contribution in [0.15, 0.2) is 0 Å². The van der Waals surface area contributed by atoms with E-state index >= 15 is 0 Å². The van der Waals surface area contributed by atoms with Crippen LogP contribution in [-0.2, 0) is 9.53 Å². The Kier molecular flexibility index (Phi) is 9.51. The maximum Gasteiger partial charge on any atom is 0.323 e. The highest BCUT2D eigenvalue weighted by atomic mass is 32.7. The Labute approximate surface area is 97.9 Å². The Bertz CT molecular complexity index is 181. The van der Waals surface area contributed by atoms with Crippen molar-refractivity contribution in [3.8, 4) is 0 Å². The lowest BCUT2D eigenvalue weighted by atomic mass is 10.4. The maximum absolute atomic E-state index is 11.4. The molecular weight excluding hydrogens is 231 g/mol. The molecule has 1 unspecified atom stereocenters. The molecule has 0 aliphatic rings. The highest BCUT2D eigenvalue weighted by Gasteiger charge is 2.14. The van der Waals surface area contributed by atoms with E-state index in [0.717, 1.165) is 12.3 Å². The van der Waals surface area contributed by atoms with Crippen molar-refractivity contribution in [2.75, 3.05) is 19.3 Å². The predicted molar refractivity (Wildman–Crippen MR) is 68.5 cm³/mol. The van der Waals surface area contributed by atoms with Crippen molar-refractivity contribution in [3.05, 3.63) is 0 Å². The van der Waals surface area contributed by atoms with Crippen molar-refractivity contribution < 1.29 is 9.53 Å². The third kappa shape index (κ3) is 9.12. The summed E-state index contributed by atoms with van der Waals surface area (Å²) >= 11 is 1.79. The highest BCUT2D eigenvalue weighted by Crippen LogP contribution is 2.24. The van der Waals surface area contributed by atoms with Crippen LogP contribution in [0.4, 0.5) is 0 Å². The van der Waals surface area contributed by atoms with E-state index < -0.39 is 0 Å². The van der Waals surface area contributed by atoms with Gasteiger partial charge in [0.2, 0.25) is 0 Å². The minimum absolute atomic E-state index is 0.0398. The molecule has 0 saturated carbocycles. The summed E-state index contributed by atoms with van der Waals surface area (Å²) in [5, 5.41) is 6.20. The molecular formula is C9H21N2O2PS. The number of esters is 1. The van der Waals surface area contributed by atoms with Crippen molar-refractivity contribution >= 4 is 25.3 Å². The van der Waals surface area contributed by atoms with E-state index in [4.69, 9.17) is 4.74 Å². The molecule has 0 aromatic carbocycles. The summed E-state index contributed by atoms with van der Waals surface area (Å²) in [7, 11) is 2.47. The molecule has 90 valence electrons. The van der Waals surface area contributed by atoms with Gasteiger partial charge in [0.25, 0.3) is 0 Å². The van der Waals surface area contributed by atoms with Crippen molar-refractivity contribution in [2.24, 2.45) is 0 Å². The molecule has 2 N–H and O–H groups in total. The summed E-state index contributed by atoms with van der Waals surface area (Å²) in [6.45, 7) is 6.53. The molecule has 0 fully saturated rings. The molecule has 0 heterocycles. The SMILES string of the molecule is CNCCSPN[C@@H](C)C(=O)OC(C)C. The zero-order valence-corrected chi connectivity index (χ0v) is 11.6. The van der Waals surface area contributed by atoms with Gasteiger partial charge < -0.3 is 10.1 Å². The van der Waals surface area contributed by atoms with Crippen molar-refractivity contribution in [1.82, 2.24) is 10.4 Å². The standard InChI is InChI=1S/C9H21N2O2PS/c1-7(2)13-9(12)8(3)11-14-15-6-5-10-4/h7-8,10-11,14H,5-6H2,1-4H3/t8-/m0/s1. The van der Waals surface area contributed by atoms with Gasteiger partial charge in [0, 0.05) is 20.2 Å². The van der Waals surface area contributed by atoms with Crippen LogP contribution in [-0.4, -0.2) is 37.5 Å². The van der Waals surface area contributed by atoms with E-state index in [1.165, 1.54) is 0 Å². The molecule has 2 atom stereocenters. The van der Waals surface area contributed by atoms with E-state index in [1.54, 1.807) is 11.4 Å². The molecule has 0 aromatic heterocycles. The number of carbonyl (C=O) groups excluding carboxylic acids is 1. The van der Waals surface area contributed by atoms with Gasteiger partial charge in [-0.3, -0.25) is 9.88 Å². The molecule has 6 heteroatoms. The van der Waals surface area contributed by atoms with Crippen LogP contribution in [0.3, 0.4) is 0 Å². The molecule has 0 amide bonds. The molecule has 4 nitrogen and oxygen atoms in total. The van der Waals surface area contributed by atoms with E-state index in [1.807, 2.05) is 27.8 Å². The Morgan fingerprint density at radius 3 is 2.67 bits per heavy atom. The van der Waals surface area contributed by atoms with Crippen molar-refractivity contribution in [3.63, 3.8) is 0 Å². The Balaban J connectivity index is 3.47. The normalized spacial score (nSPS) is 13.7. The fourth-order valence-corrected chi connectivity index (χ4v) is 2.91. The number of ether oxygens (including phenoxy) is 1. The molecule has 15 heavy (non-hydrogen) atoms. The van der Waals surface area contributed by atoms with Gasteiger partial charge in [0.05, 0.1) is 6.10 Å². The Hall–Kier alpha value is 0.170. The number of hydrogen-bond donors (Lipinski definition) is 2. The van der Waals surface area contributed by atoms with Gasteiger partial charge in [-0.25, -0.2) is 0 Å². The third-order valence-electron chi connectivity index (χ3n) is 1.51. The monoisotopic (exact) mass is 252 g/mol. The molecule has 0 saturated heterocycles. The second-order valence-electron chi connectivity index (χ2n) is 3.41. The summed E-state index contributed by atoms with van der Waals surface area (Å²) in [6, 6.07) is -0.215. The number of hydrogen-bond acceptors (Lipinski definition) is 5. The van der Waals surface area contributed by atoms with Crippen LogP contribution in [0, 0.1) is 0 Å². The van der Waals surface area contributed by atoms with Crippen molar-refractivity contribution in [2.45, 2.75) is 32.9 Å². The second-order valence-corrected chi connectivity index (χ2v) is 6.07. The van der Waals surface area contributed by atoms with Gasteiger partial charge >= 0.3 is 5.97 Å². The van der Waals surface area contributed by atoms with Crippen molar-refractivity contribution in [1.29, 1.82) is 0 Å². The topological polar surface area (TPSA) is 50.4 Å². The van der Waals surface area contributed by atoms with Crippen LogP contribution in [0.1, 0.15) is 20.8 Å². The van der Waals surface area contributed by atoms with Gasteiger partial charge in [-0.15, -0.1) is 11.4 Å². The van der Waals surface area contributed by atoms with Gasteiger partial charge in [-0.1, -0.05) is 0 Å². The molecule has 0 aliphatic heterocycles. The third-order valence-corrected chi connectivity index (χ3v) is 4.01. The van der Waals surface area contributed by atoms with E-state index in [9.17, 15) is 4.79 Å².